The van der Waals surface area contributed by atoms with Crippen molar-refractivity contribution in [1.82, 2.24) is 10.3 Å². The minimum Gasteiger partial charge on any atom is -0.311 e. The summed E-state index contributed by atoms with van der Waals surface area (Å²) in [5, 5.41) is 3.50. The van der Waals surface area contributed by atoms with Crippen molar-refractivity contribution >= 4 is 0 Å². The highest BCUT2D eigenvalue weighted by atomic mass is 14.9. The molecule has 0 atom stereocenters. The van der Waals surface area contributed by atoms with Crippen molar-refractivity contribution in [2.75, 3.05) is 6.54 Å². The zero-order valence-corrected chi connectivity index (χ0v) is 9.71. The van der Waals surface area contributed by atoms with Crippen LogP contribution in [-0.2, 0) is 6.54 Å². The first kappa shape index (κ1) is 10.6. The molecule has 2 rings (SSSR count). The van der Waals surface area contributed by atoms with E-state index < -0.39 is 0 Å². The summed E-state index contributed by atoms with van der Waals surface area (Å²) in [6.07, 6.45) is 6.09. The van der Waals surface area contributed by atoms with Crippen molar-refractivity contribution in [3.63, 3.8) is 0 Å². The molecule has 1 aliphatic carbocycles. The number of rotatable bonds is 4. The van der Waals surface area contributed by atoms with Gasteiger partial charge in [0.1, 0.15) is 0 Å². The second kappa shape index (κ2) is 4.31. The molecule has 2 heteroatoms. The summed E-state index contributed by atoms with van der Waals surface area (Å²) in [5.74, 6) is 0. The van der Waals surface area contributed by atoms with Gasteiger partial charge in [0.2, 0.25) is 0 Å². The Morgan fingerprint density at radius 3 is 2.73 bits per heavy atom. The minimum atomic E-state index is 0.560. The van der Waals surface area contributed by atoms with E-state index in [2.05, 4.69) is 36.3 Å². The zero-order valence-electron chi connectivity index (χ0n) is 9.71. The molecule has 1 aliphatic rings. The monoisotopic (exact) mass is 204 g/mol. The Bertz CT molecular complexity index is 312. The second-order valence-corrected chi connectivity index (χ2v) is 5.09. The number of aromatic nitrogens is 1. The Hall–Kier alpha value is -0.890. The van der Waals surface area contributed by atoms with E-state index in [9.17, 15) is 0 Å². The van der Waals surface area contributed by atoms with Crippen molar-refractivity contribution in [2.45, 2.75) is 39.7 Å². The number of hydrogen-bond acceptors (Lipinski definition) is 2. The molecule has 1 aromatic heterocycles. The summed E-state index contributed by atoms with van der Waals surface area (Å²) < 4.78 is 0. The maximum atomic E-state index is 4.38. The quantitative estimate of drug-likeness (QED) is 0.815. The lowest BCUT2D eigenvalue weighted by Crippen LogP contribution is -2.37. The van der Waals surface area contributed by atoms with Gasteiger partial charge >= 0.3 is 0 Å². The summed E-state index contributed by atoms with van der Waals surface area (Å²) in [6.45, 7) is 6.46. The fraction of sp³-hybridized carbons (Fsp3) is 0.615. The van der Waals surface area contributed by atoms with Crippen LogP contribution in [0.15, 0.2) is 18.3 Å². The van der Waals surface area contributed by atoms with Crippen LogP contribution in [0.3, 0.4) is 0 Å². The largest absolute Gasteiger partial charge is 0.311 e. The molecule has 1 aromatic rings. The fourth-order valence-electron chi connectivity index (χ4n) is 2.05. The van der Waals surface area contributed by atoms with Crippen molar-refractivity contribution in [3.8, 4) is 0 Å². The van der Waals surface area contributed by atoms with Crippen LogP contribution in [0.4, 0.5) is 0 Å². The highest BCUT2D eigenvalue weighted by molar-refractivity contribution is 5.11. The van der Waals surface area contributed by atoms with Gasteiger partial charge in [0.05, 0.1) is 5.69 Å². The van der Waals surface area contributed by atoms with Crippen molar-refractivity contribution < 1.29 is 0 Å². The van der Waals surface area contributed by atoms with E-state index in [4.69, 9.17) is 0 Å². The van der Waals surface area contributed by atoms with Crippen molar-refractivity contribution in [1.29, 1.82) is 0 Å². The third-order valence-electron chi connectivity index (χ3n) is 3.39. The summed E-state index contributed by atoms with van der Waals surface area (Å²) >= 11 is 0. The molecular formula is C13H20N2. The molecular weight excluding hydrogens is 184 g/mol. The van der Waals surface area contributed by atoms with Gasteiger partial charge in [-0.1, -0.05) is 19.4 Å². The summed E-state index contributed by atoms with van der Waals surface area (Å²) in [7, 11) is 0. The summed E-state index contributed by atoms with van der Waals surface area (Å²) in [5.41, 5.74) is 2.93. The molecule has 0 amide bonds. The SMILES string of the molecule is Cc1ccc(CNCC2(C)CCC2)nc1. The Morgan fingerprint density at radius 1 is 1.40 bits per heavy atom. The number of aryl methyl sites for hydroxylation is 1. The molecule has 15 heavy (non-hydrogen) atoms. The van der Waals surface area contributed by atoms with Crippen LogP contribution in [0, 0.1) is 12.3 Å². The van der Waals surface area contributed by atoms with Gasteiger partial charge in [0.15, 0.2) is 0 Å². The maximum absolute atomic E-state index is 4.38. The minimum absolute atomic E-state index is 0.560. The first-order chi connectivity index (χ1) is 7.18. The molecule has 0 bridgehead atoms. The Kier molecular flexibility index (Phi) is 3.06. The highest BCUT2D eigenvalue weighted by Crippen LogP contribution is 2.39. The topological polar surface area (TPSA) is 24.9 Å². The van der Waals surface area contributed by atoms with Crippen LogP contribution >= 0.6 is 0 Å². The average molecular weight is 204 g/mol. The van der Waals surface area contributed by atoms with Gasteiger partial charge in [-0.2, -0.15) is 0 Å². The molecule has 2 nitrogen and oxygen atoms in total. The normalized spacial score (nSPS) is 18.5. The smallest absolute Gasteiger partial charge is 0.0541 e. The summed E-state index contributed by atoms with van der Waals surface area (Å²) in [6, 6.07) is 4.22. The van der Waals surface area contributed by atoms with E-state index in [-0.39, 0.29) is 0 Å². The highest BCUT2D eigenvalue weighted by Gasteiger charge is 2.30. The van der Waals surface area contributed by atoms with Crippen molar-refractivity contribution in [2.24, 2.45) is 5.41 Å². The predicted molar refractivity (Wildman–Crippen MR) is 62.6 cm³/mol. The van der Waals surface area contributed by atoms with Gasteiger partial charge in [-0.3, -0.25) is 4.98 Å². The molecule has 0 spiro atoms. The molecule has 0 aliphatic heterocycles. The Morgan fingerprint density at radius 2 is 2.20 bits per heavy atom. The van der Waals surface area contributed by atoms with E-state index in [1.165, 1.54) is 24.8 Å². The van der Waals surface area contributed by atoms with Crippen LogP contribution in [0.5, 0.6) is 0 Å². The van der Waals surface area contributed by atoms with Gasteiger partial charge < -0.3 is 5.32 Å². The number of hydrogen-bond donors (Lipinski definition) is 1. The standard InChI is InChI=1S/C13H20N2/c1-11-4-5-12(15-8-11)9-14-10-13(2)6-3-7-13/h4-5,8,14H,3,6-7,9-10H2,1-2H3. The molecule has 0 unspecified atom stereocenters. The van der Waals surface area contributed by atoms with E-state index in [1.807, 2.05) is 6.20 Å². The molecule has 1 N–H and O–H groups in total. The van der Waals surface area contributed by atoms with Crippen LogP contribution < -0.4 is 5.32 Å². The van der Waals surface area contributed by atoms with Gasteiger partial charge in [-0.15, -0.1) is 0 Å². The van der Waals surface area contributed by atoms with Crippen LogP contribution in [0.1, 0.15) is 37.4 Å². The molecule has 1 fully saturated rings. The molecule has 1 heterocycles. The average Bonchev–Trinajstić information content (AvgIpc) is 2.19. The lowest BCUT2D eigenvalue weighted by molar-refractivity contribution is 0.156. The Labute approximate surface area is 92.1 Å². The lowest BCUT2D eigenvalue weighted by atomic mass is 9.70. The zero-order chi connectivity index (χ0) is 10.7. The van der Waals surface area contributed by atoms with Crippen LogP contribution in [0.25, 0.3) is 0 Å². The van der Waals surface area contributed by atoms with Crippen molar-refractivity contribution in [3.05, 3.63) is 29.6 Å². The predicted octanol–water partition coefficient (Wildman–Crippen LogP) is 2.67. The number of nitrogens with one attached hydrogen (secondary N) is 1. The molecule has 0 aromatic carbocycles. The van der Waals surface area contributed by atoms with Gasteiger partial charge in [0.25, 0.3) is 0 Å². The van der Waals surface area contributed by atoms with E-state index in [1.54, 1.807) is 0 Å². The first-order valence-corrected chi connectivity index (χ1v) is 5.80. The molecule has 0 saturated heterocycles. The number of pyridine rings is 1. The van der Waals surface area contributed by atoms with Crippen LogP contribution in [0.2, 0.25) is 0 Å². The first-order valence-electron chi connectivity index (χ1n) is 5.80. The van der Waals surface area contributed by atoms with Gasteiger partial charge in [-0.25, -0.2) is 0 Å². The van der Waals surface area contributed by atoms with E-state index in [0.717, 1.165) is 18.8 Å². The molecule has 0 radical (unpaired) electrons. The van der Waals surface area contributed by atoms with Crippen LogP contribution in [-0.4, -0.2) is 11.5 Å². The van der Waals surface area contributed by atoms with E-state index >= 15 is 0 Å². The van der Waals surface area contributed by atoms with Gasteiger partial charge in [0, 0.05) is 19.3 Å². The Balaban J connectivity index is 1.76. The second-order valence-electron chi connectivity index (χ2n) is 5.09. The lowest BCUT2D eigenvalue weighted by Gasteiger charge is -2.38. The molecule has 1 saturated carbocycles. The maximum Gasteiger partial charge on any atom is 0.0541 e. The third kappa shape index (κ3) is 2.78. The van der Waals surface area contributed by atoms with Gasteiger partial charge in [-0.05, 0) is 36.8 Å². The molecule has 82 valence electrons. The fourth-order valence-corrected chi connectivity index (χ4v) is 2.05. The van der Waals surface area contributed by atoms with E-state index in [0.29, 0.717) is 5.41 Å². The third-order valence-corrected chi connectivity index (χ3v) is 3.39. The number of nitrogens with zero attached hydrogens (tertiary/aromatic N) is 1. The summed E-state index contributed by atoms with van der Waals surface area (Å²) in [4.78, 5) is 4.38.